The molecule has 2 aromatic carbocycles. The van der Waals surface area contributed by atoms with Crippen molar-refractivity contribution in [3.05, 3.63) is 78.5 Å². The fourth-order valence-corrected chi connectivity index (χ4v) is 3.31. The highest BCUT2D eigenvalue weighted by molar-refractivity contribution is 5.94. The topological polar surface area (TPSA) is 59.3 Å². The van der Waals surface area contributed by atoms with Crippen LogP contribution in [0.4, 0.5) is 0 Å². The maximum absolute atomic E-state index is 13.0. The predicted molar refractivity (Wildman–Crippen MR) is 116 cm³/mol. The minimum Gasteiger partial charge on any atom is -0.351 e. The first-order chi connectivity index (χ1) is 14.3. The summed E-state index contributed by atoms with van der Waals surface area (Å²) in [4.78, 5) is 17.7. The Morgan fingerprint density at radius 1 is 0.897 bits per heavy atom. The van der Waals surface area contributed by atoms with Crippen molar-refractivity contribution in [2.45, 2.75) is 26.2 Å². The van der Waals surface area contributed by atoms with E-state index in [-0.39, 0.29) is 5.91 Å². The van der Waals surface area contributed by atoms with Gasteiger partial charge in [0, 0.05) is 23.7 Å². The Bertz CT molecular complexity index is 1100. The van der Waals surface area contributed by atoms with Crippen LogP contribution in [0.1, 0.15) is 36.7 Å². The van der Waals surface area contributed by atoms with Crippen molar-refractivity contribution in [1.82, 2.24) is 19.9 Å². The molecule has 29 heavy (non-hydrogen) atoms. The third kappa shape index (κ3) is 4.19. The highest BCUT2D eigenvalue weighted by Crippen LogP contribution is 2.23. The predicted octanol–water partition coefficient (Wildman–Crippen LogP) is 4.98. The summed E-state index contributed by atoms with van der Waals surface area (Å²) in [5, 5.41) is 7.70. The van der Waals surface area contributed by atoms with Crippen LogP contribution in [0.15, 0.2) is 72.8 Å². The summed E-state index contributed by atoms with van der Waals surface area (Å²) in [6.45, 7) is 2.80. The van der Waals surface area contributed by atoms with E-state index in [9.17, 15) is 4.79 Å². The Labute approximate surface area is 170 Å². The van der Waals surface area contributed by atoms with Gasteiger partial charge in [0.2, 0.25) is 0 Å². The molecule has 1 amide bonds. The summed E-state index contributed by atoms with van der Waals surface area (Å²) in [5.74, 6) is -0.131. The minimum atomic E-state index is -0.131. The lowest BCUT2D eigenvalue weighted by atomic mass is 10.1. The number of carbonyl (C=O) groups is 1. The van der Waals surface area contributed by atoms with Crippen LogP contribution in [0.3, 0.4) is 0 Å². The summed E-state index contributed by atoms with van der Waals surface area (Å²) >= 11 is 0. The molecule has 0 radical (unpaired) electrons. The Morgan fingerprint density at radius 2 is 1.55 bits per heavy atom. The third-order valence-corrected chi connectivity index (χ3v) is 4.86. The molecule has 0 spiro atoms. The average Bonchev–Trinajstić information content (AvgIpc) is 3.21. The van der Waals surface area contributed by atoms with Crippen LogP contribution in [0.25, 0.3) is 28.2 Å². The molecule has 146 valence electrons. The van der Waals surface area contributed by atoms with Gasteiger partial charge in [-0.2, -0.15) is 5.10 Å². The molecular weight excluding hydrogens is 360 g/mol. The van der Waals surface area contributed by atoms with Crippen molar-refractivity contribution in [2.75, 3.05) is 6.54 Å². The van der Waals surface area contributed by atoms with Crippen molar-refractivity contribution in [3.8, 4) is 22.5 Å². The second kappa shape index (κ2) is 8.69. The number of hydrogen-bond acceptors (Lipinski definition) is 3. The number of benzene rings is 2. The molecule has 0 atom stereocenters. The minimum absolute atomic E-state index is 0.131. The fraction of sp³-hybridized carbons (Fsp3) is 0.208. The summed E-state index contributed by atoms with van der Waals surface area (Å²) in [6, 6.07) is 23.6. The van der Waals surface area contributed by atoms with Crippen molar-refractivity contribution in [3.63, 3.8) is 0 Å². The zero-order valence-electron chi connectivity index (χ0n) is 16.5. The van der Waals surface area contributed by atoms with Gasteiger partial charge in [-0.05, 0) is 12.5 Å². The highest BCUT2D eigenvalue weighted by Gasteiger charge is 2.16. The van der Waals surface area contributed by atoms with Crippen LogP contribution >= 0.6 is 0 Å². The quantitative estimate of drug-likeness (QED) is 0.457. The van der Waals surface area contributed by atoms with Crippen LogP contribution in [-0.4, -0.2) is 27.0 Å². The van der Waals surface area contributed by atoms with Gasteiger partial charge in [0.25, 0.3) is 5.91 Å². The van der Waals surface area contributed by atoms with E-state index in [2.05, 4.69) is 17.3 Å². The highest BCUT2D eigenvalue weighted by atomic mass is 16.1. The maximum atomic E-state index is 13.0. The van der Waals surface area contributed by atoms with E-state index in [0.717, 1.165) is 41.8 Å². The molecule has 5 nitrogen and oxygen atoms in total. The van der Waals surface area contributed by atoms with Gasteiger partial charge in [-0.1, -0.05) is 80.4 Å². The van der Waals surface area contributed by atoms with Gasteiger partial charge in [-0.3, -0.25) is 4.79 Å². The zero-order chi connectivity index (χ0) is 20.1. The Balaban J connectivity index is 1.77. The van der Waals surface area contributed by atoms with Crippen LogP contribution in [0.5, 0.6) is 0 Å². The number of nitrogens with one attached hydrogen (secondary N) is 1. The van der Waals surface area contributed by atoms with E-state index in [1.165, 1.54) is 0 Å². The molecule has 2 heterocycles. The van der Waals surface area contributed by atoms with E-state index in [0.29, 0.717) is 17.9 Å². The van der Waals surface area contributed by atoms with Gasteiger partial charge in [0.05, 0.1) is 11.4 Å². The first-order valence-corrected chi connectivity index (χ1v) is 10.1. The van der Waals surface area contributed by atoms with Crippen LogP contribution in [-0.2, 0) is 0 Å². The number of unbranched alkanes of at least 4 members (excludes halogenated alkanes) is 2. The zero-order valence-corrected chi connectivity index (χ0v) is 16.5. The van der Waals surface area contributed by atoms with E-state index >= 15 is 0 Å². The molecule has 0 aliphatic carbocycles. The molecule has 0 bridgehead atoms. The van der Waals surface area contributed by atoms with Crippen molar-refractivity contribution < 1.29 is 4.79 Å². The maximum Gasteiger partial charge on any atom is 0.270 e. The van der Waals surface area contributed by atoms with E-state index in [4.69, 9.17) is 4.98 Å². The van der Waals surface area contributed by atoms with Gasteiger partial charge in [0.1, 0.15) is 5.69 Å². The lowest BCUT2D eigenvalue weighted by molar-refractivity contribution is 0.0945. The molecule has 5 heteroatoms. The smallest absolute Gasteiger partial charge is 0.270 e. The first kappa shape index (κ1) is 18.9. The van der Waals surface area contributed by atoms with E-state index < -0.39 is 0 Å². The molecule has 1 N–H and O–H groups in total. The second-order valence-corrected chi connectivity index (χ2v) is 7.02. The molecule has 2 aromatic heterocycles. The Hall–Kier alpha value is -3.47. The van der Waals surface area contributed by atoms with Crippen LogP contribution in [0.2, 0.25) is 0 Å². The number of carbonyl (C=O) groups excluding carboxylic acids is 1. The fourth-order valence-electron chi connectivity index (χ4n) is 3.31. The average molecular weight is 384 g/mol. The van der Waals surface area contributed by atoms with E-state index in [1.54, 1.807) is 4.52 Å². The third-order valence-electron chi connectivity index (χ3n) is 4.86. The standard InChI is InChI=1S/C24H24N4O/c1-2-3-10-15-25-24(29)22-16-20(18-11-6-4-7-12-18)26-23-17-21(27-28(22)23)19-13-8-5-9-14-19/h4-9,11-14,16-17H,2-3,10,15H2,1H3,(H,25,29). The van der Waals surface area contributed by atoms with Crippen LogP contribution in [0, 0.1) is 0 Å². The van der Waals surface area contributed by atoms with Gasteiger partial charge < -0.3 is 5.32 Å². The van der Waals surface area contributed by atoms with E-state index in [1.807, 2.05) is 72.8 Å². The summed E-state index contributed by atoms with van der Waals surface area (Å²) in [5.41, 5.74) is 4.67. The molecule has 4 aromatic rings. The molecular formula is C24H24N4O. The SMILES string of the molecule is CCCCCNC(=O)c1cc(-c2ccccc2)nc2cc(-c3ccccc3)nn12. The molecule has 0 saturated carbocycles. The number of rotatable bonds is 7. The molecule has 4 rings (SSSR count). The second-order valence-electron chi connectivity index (χ2n) is 7.02. The number of amides is 1. The van der Waals surface area contributed by atoms with Gasteiger partial charge in [0.15, 0.2) is 5.65 Å². The molecule has 0 unspecified atom stereocenters. The lowest BCUT2D eigenvalue weighted by Crippen LogP contribution is -2.27. The molecule has 0 fully saturated rings. The normalized spacial score (nSPS) is 10.9. The Morgan fingerprint density at radius 3 is 2.21 bits per heavy atom. The largest absolute Gasteiger partial charge is 0.351 e. The Kier molecular flexibility index (Phi) is 5.66. The molecule has 0 aliphatic rings. The van der Waals surface area contributed by atoms with Gasteiger partial charge in [-0.25, -0.2) is 9.50 Å². The summed E-state index contributed by atoms with van der Waals surface area (Å²) in [6.07, 6.45) is 3.19. The summed E-state index contributed by atoms with van der Waals surface area (Å²) in [7, 11) is 0. The number of hydrogen-bond donors (Lipinski definition) is 1. The van der Waals surface area contributed by atoms with Crippen LogP contribution < -0.4 is 5.32 Å². The lowest BCUT2D eigenvalue weighted by Gasteiger charge is -2.09. The first-order valence-electron chi connectivity index (χ1n) is 10.1. The van der Waals surface area contributed by atoms with Crippen molar-refractivity contribution in [1.29, 1.82) is 0 Å². The number of fused-ring (bicyclic) bond motifs is 1. The number of aromatic nitrogens is 3. The van der Waals surface area contributed by atoms with Crippen molar-refractivity contribution in [2.24, 2.45) is 0 Å². The van der Waals surface area contributed by atoms with Gasteiger partial charge >= 0.3 is 0 Å². The number of nitrogens with zero attached hydrogens (tertiary/aromatic N) is 3. The monoisotopic (exact) mass is 384 g/mol. The van der Waals surface area contributed by atoms with Gasteiger partial charge in [-0.15, -0.1) is 0 Å². The molecule has 0 aliphatic heterocycles. The molecule has 0 saturated heterocycles. The van der Waals surface area contributed by atoms with Crippen molar-refractivity contribution >= 4 is 11.6 Å². The summed E-state index contributed by atoms with van der Waals surface area (Å²) < 4.78 is 1.64.